The summed E-state index contributed by atoms with van der Waals surface area (Å²) < 4.78 is 0. The monoisotopic (exact) mass is 168 g/mol. The number of hydrogen-bond donors (Lipinski definition) is 1. The van der Waals surface area contributed by atoms with Gasteiger partial charge in [-0.05, 0) is 30.6 Å². The zero-order valence-corrected chi connectivity index (χ0v) is 7.84. The summed E-state index contributed by atoms with van der Waals surface area (Å²) in [4.78, 5) is 0. The van der Waals surface area contributed by atoms with Crippen molar-refractivity contribution in [2.75, 3.05) is 6.61 Å². The van der Waals surface area contributed by atoms with Gasteiger partial charge in [-0.2, -0.15) is 0 Å². The van der Waals surface area contributed by atoms with Crippen molar-refractivity contribution in [2.45, 2.75) is 44.9 Å². The molecule has 0 amide bonds. The molecule has 0 spiro atoms. The van der Waals surface area contributed by atoms with Crippen molar-refractivity contribution in [1.29, 1.82) is 0 Å². The fraction of sp³-hybridized carbons (Fsp3) is 1.00. The van der Waals surface area contributed by atoms with E-state index in [1.807, 2.05) is 0 Å². The summed E-state index contributed by atoms with van der Waals surface area (Å²) in [5.74, 6) is 2.52. The SMILES string of the molecule is OCC1CCCC1C1CCCC1. The van der Waals surface area contributed by atoms with Crippen LogP contribution in [0.5, 0.6) is 0 Å². The van der Waals surface area contributed by atoms with Crippen molar-refractivity contribution < 1.29 is 5.11 Å². The van der Waals surface area contributed by atoms with Gasteiger partial charge in [0.2, 0.25) is 0 Å². The second-order valence-electron chi connectivity index (χ2n) is 4.58. The third-order valence-corrected chi connectivity index (χ3v) is 3.96. The van der Waals surface area contributed by atoms with Gasteiger partial charge in [-0.25, -0.2) is 0 Å². The number of rotatable bonds is 2. The molecular weight excluding hydrogens is 148 g/mol. The highest BCUT2D eigenvalue weighted by molar-refractivity contribution is 4.84. The minimum atomic E-state index is 0.446. The summed E-state index contributed by atoms with van der Waals surface area (Å²) in [6.07, 6.45) is 9.83. The first kappa shape index (κ1) is 8.55. The molecule has 0 bridgehead atoms. The molecule has 70 valence electrons. The van der Waals surface area contributed by atoms with E-state index >= 15 is 0 Å². The van der Waals surface area contributed by atoms with E-state index < -0.39 is 0 Å². The van der Waals surface area contributed by atoms with Crippen molar-refractivity contribution in [3.8, 4) is 0 Å². The largest absolute Gasteiger partial charge is 0.396 e. The quantitative estimate of drug-likeness (QED) is 0.672. The van der Waals surface area contributed by atoms with Gasteiger partial charge in [0, 0.05) is 6.61 Å². The van der Waals surface area contributed by atoms with E-state index in [0.717, 1.165) is 11.8 Å². The third kappa shape index (κ3) is 1.52. The standard InChI is InChI=1S/C11H20O/c12-8-10-6-3-7-11(10)9-4-1-2-5-9/h9-12H,1-8H2. The lowest BCUT2D eigenvalue weighted by atomic mass is 9.83. The van der Waals surface area contributed by atoms with Crippen LogP contribution in [0.25, 0.3) is 0 Å². The van der Waals surface area contributed by atoms with Gasteiger partial charge in [0.15, 0.2) is 0 Å². The van der Waals surface area contributed by atoms with Crippen LogP contribution in [-0.4, -0.2) is 11.7 Å². The van der Waals surface area contributed by atoms with Crippen molar-refractivity contribution in [3.05, 3.63) is 0 Å². The smallest absolute Gasteiger partial charge is 0.0462 e. The van der Waals surface area contributed by atoms with Crippen LogP contribution in [0.15, 0.2) is 0 Å². The van der Waals surface area contributed by atoms with Crippen LogP contribution in [0.1, 0.15) is 44.9 Å². The highest BCUT2D eigenvalue weighted by atomic mass is 16.3. The van der Waals surface area contributed by atoms with Crippen molar-refractivity contribution >= 4 is 0 Å². The van der Waals surface area contributed by atoms with E-state index in [2.05, 4.69) is 0 Å². The first-order chi connectivity index (χ1) is 5.92. The van der Waals surface area contributed by atoms with Gasteiger partial charge in [0.05, 0.1) is 0 Å². The van der Waals surface area contributed by atoms with Gasteiger partial charge in [-0.15, -0.1) is 0 Å². The lowest BCUT2D eigenvalue weighted by molar-refractivity contribution is 0.160. The van der Waals surface area contributed by atoms with Gasteiger partial charge in [-0.1, -0.05) is 32.1 Å². The summed E-state index contributed by atoms with van der Waals surface area (Å²) >= 11 is 0. The molecule has 0 aliphatic heterocycles. The molecule has 2 aliphatic rings. The minimum absolute atomic E-state index is 0.446. The van der Waals surface area contributed by atoms with Gasteiger partial charge < -0.3 is 5.11 Å². The molecule has 2 aliphatic carbocycles. The first-order valence-electron chi connectivity index (χ1n) is 5.52. The maximum Gasteiger partial charge on any atom is 0.0462 e. The number of hydrogen-bond acceptors (Lipinski definition) is 1. The van der Waals surface area contributed by atoms with E-state index in [1.54, 1.807) is 0 Å². The van der Waals surface area contributed by atoms with Gasteiger partial charge in [-0.3, -0.25) is 0 Å². The summed E-state index contributed by atoms with van der Waals surface area (Å²) in [6.45, 7) is 0.446. The molecule has 0 aromatic carbocycles. The van der Waals surface area contributed by atoms with Crippen LogP contribution in [0, 0.1) is 17.8 Å². The fourth-order valence-electron chi connectivity index (χ4n) is 3.30. The molecule has 1 N–H and O–H groups in total. The maximum absolute atomic E-state index is 9.20. The molecule has 0 aromatic heterocycles. The van der Waals surface area contributed by atoms with Crippen LogP contribution in [0.2, 0.25) is 0 Å². The van der Waals surface area contributed by atoms with Crippen molar-refractivity contribution in [2.24, 2.45) is 17.8 Å². The lowest BCUT2D eigenvalue weighted by Crippen LogP contribution is -2.19. The zero-order chi connectivity index (χ0) is 8.39. The Bertz CT molecular complexity index is 138. The van der Waals surface area contributed by atoms with E-state index in [1.165, 1.54) is 44.9 Å². The predicted molar refractivity (Wildman–Crippen MR) is 49.9 cm³/mol. The summed E-state index contributed by atoms with van der Waals surface area (Å²) in [5.41, 5.74) is 0. The van der Waals surface area contributed by atoms with Crippen LogP contribution in [-0.2, 0) is 0 Å². The van der Waals surface area contributed by atoms with Crippen LogP contribution in [0.3, 0.4) is 0 Å². The summed E-state index contributed by atoms with van der Waals surface area (Å²) in [7, 11) is 0. The van der Waals surface area contributed by atoms with Gasteiger partial charge in [0.25, 0.3) is 0 Å². The molecule has 2 unspecified atom stereocenters. The Hall–Kier alpha value is -0.0400. The number of aliphatic hydroxyl groups excluding tert-OH is 1. The molecule has 2 rings (SSSR count). The van der Waals surface area contributed by atoms with Crippen molar-refractivity contribution in [1.82, 2.24) is 0 Å². The Labute approximate surface area is 75.2 Å². The summed E-state index contributed by atoms with van der Waals surface area (Å²) in [5, 5.41) is 9.20. The molecule has 2 saturated carbocycles. The van der Waals surface area contributed by atoms with Crippen LogP contribution in [0.4, 0.5) is 0 Å². The molecular formula is C11H20O. The van der Waals surface area contributed by atoms with E-state index in [0.29, 0.717) is 12.5 Å². The van der Waals surface area contributed by atoms with E-state index in [9.17, 15) is 5.11 Å². The van der Waals surface area contributed by atoms with Gasteiger partial charge in [0.1, 0.15) is 0 Å². The lowest BCUT2D eigenvalue weighted by Gasteiger charge is -2.23. The maximum atomic E-state index is 9.20. The molecule has 0 saturated heterocycles. The number of aliphatic hydroxyl groups is 1. The predicted octanol–water partition coefficient (Wildman–Crippen LogP) is 2.59. The Morgan fingerprint density at radius 1 is 0.917 bits per heavy atom. The Morgan fingerprint density at radius 3 is 2.33 bits per heavy atom. The van der Waals surface area contributed by atoms with Gasteiger partial charge >= 0.3 is 0 Å². The van der Waals surface area contributed by atoms with Crippen LogP contribution < -0.4 is 0 Å². The van der Waals surface area contributed by atoms with Crippen molar-refractivity contribution in [3.63, 3.8) is 0 Å². The minimum Gasteiger partial charge on any atom is -0.396 e. The first-order valence-corrected chi connectivity index (χ1v) is 5.52. The summed E-state index contributed by atoms with van der Waals surface area (Å²) in [6, 6.07) is 0. The molecule has 2 fully saturated rings. The molecule has 12 heavy (non-hydrogen) atoms. The molecule has 2 atom stereocenters. The highest BCUT2D eigenvalue weighted by Crippen LogP contribution is 2.43. The Balaban J connectivity index is 1.92. The normalized spacial score (nSPS) is 37.8. The topological polar surface area (TPSA) is 20.2 Å². The highest BCUT2D eigenvalue weighted by Gasteiger charge is 2.34. The molecule has 1 heteroatoms. The second-order valence-corrected chi connectivity index (χ2v) is 4.58. The average Bonchev–Trinajstić information content (AvgIpc) is 2.74. The Kier molecular flexibility index (Phi) is 2.69. The molecule has 0 radical (unpaired) electrons. The third-order valence-electron chi connectivity index (χ3n) is 3.96. The zero-order valence-electron chi connectivity index (χ0n) is 7.84. The molecule has 1 nitrogen and oxygen atoms in total. The second kappa shape index (κ2) is 3.78. The Morgan fingerprint density at radius 2 is 1.67 bits per heavy atom. The fourth-order valence-corrected chi connectivity index (χ4v) is 3.30. The average molecular weight is 168 g/mol. The molecule has 0 aromatic rings. The van der Waals surface area contributed by atoms with E-state index in [-0.39, 0.29) is 0 Å². The van der Waals surface area contributed by atoms with Crippen LogP contribution >= 0.6 is 0 Å². The van der Waals surface area contributed by atoms with E-state index in [4.69, 9.17) is 0 Å². The molecule has 0 heterocycles.